The minimum absolute atomic E-state index is 0. The molecule has 1 aromatic rings. The van der Waals surface area contributed by atoms with Gasteiger partial charge in [0.15, 0.2) is 0 Å². The Kier molecular flexibility index (Phi) is 7.91. The van der Waals surface area contributed by atoms with Crippen LogP contribution in [0.3, 0.4) is 0 Å². The van der Waals surface area contributed by atoms with Crippen molar-refractivity contribution < 1.29 is 9.90 Å². The number of piperidine rings is 1. The van der Waals surface area contributed by atoms with E-state index >= 15 is 0 Å². The summed E-state index contributed by atoms with van der Waals surface area (Å²) in [5.41, 5.74) is 1.20. The number of carbonyl (C=O) groups is 1. The molecule has 0 amide bonds. The molecule has 1 saturated heterocycles. The molecule has 0 bridgehead atoms. The Labute approximate surface area is 119 Å². The predicted octanol–water partition coefficient (Wildman–Crippen LogP) is 2.22. The Hall–Kier alpha value is -0.840. The lowest BCUT2D eigenvalue weighted by atomic mass is 9.98. The zero-order valence-electron chi connectivity index (χ0n) is 9.99. The van der Waals surface area contributed by atoms with Gasteiger partial charge in [-0.2, -0.15) is 0 Å². The third kappa shape index (κ3) is 4.80. The van der Waals surface area contributed by atoms with Crippen LogP contribution >= 0.6 is 24.8 Å². The molecule has 1 N–H and O–H groups in total. The number of hydrogen-bond acceptors (Lipinski definition) is 3. The summed E-state index contributed by atoms with van der Waals surface area (Å²) in [5, 5.41) is 8.99. The van der Waals surface area contributed by atoms with Crippen molar-refractivity contribution in [3.05, 3.63) is 30.1 Å². The second kappa shape index (κ2) is 8.29. The summed E-state index contributed by atoms with van der Waals surface area (Å²) < 4.78 is 0. The maximum Gasteiger partial charge on any atom is 0.307 e. The molecule has 0 radical (unpaired) electrons. The number of carboxylic acid groups (broad SMARTS) is 1. The third-order valence-electron chi connectivity index (χ3n) is 3.01. The number of halogens is 2. The lowest BCUT2D eigenvalue weighted by molar-refractivity contribution is -0.143. The summed E-state index contributed by atoms with van der Waals surface area (Å²) in [5.74, 6) is -0.866. The summed E-state index contributed by atoms with van der Waals surface area (Å²) in [6, 6.07) is 3.95. The minimum Gasteiger partial charge on any atom is -0.481 e. The van der Waals surface area contributed by atoms with Crippen LogP contribution in [-0.4, -0.2) is 34.0 Å². The molecule has 2 rings (SSSR count). The molecule has 18 heavy (non-hydrogen) atoms. The first-order valence-electron chi connectivity index (χ1n) is 5.60. The first-order chi connectivity index (χ1) is 7.75. The number of carboxylic acids is 1. The van der Waals surface area contributed by atoms with Crippen molar-refractivity contribution >= 4 is 30.8 Å². The molecule has 1 fully saturated rings. The topological polar surface area (TPSA) is 53.4 Å². The van der Waals surface area contributed by atoms with Gasteiger partial charge in [-0.3, -0.25) is 14.7 Å². The van der Waals surface area contributed by atoms with Gasteiger partial charge in [0.2, 0.25) is 0 Å². The van der Waals surface area contributed by atoms with Crippen molar-refractivity contribution in [2.45, 2.75) is 19.4 Å². The Morgan fingerprint density at radius 3 is 2.67 bits per heavy atom. The van der Waals surface area contributed by atoms with Gasteiger partial charge in [-0.05, 0) is 37.1 Å². The summed E-state index contributed by atoms with van der Waals surface area (Å²) in [6.07, 6.45) is 5.33. The van der Waals surface area contributed by atoms with E-state index in [4.69, 9.17) is 5.11 Å². The molecule has 2 heterocycles. The van der Waals surface area contributed by atoms with Gasteiger partial charge in [0, 0.05) is 25.5 Å². The maximum absolute atomic E-state index is 10.9. The Morgan fingerprint density at radius 1 is 1.39 bits per heavy atom. The first kappa shape index (κ1) is 17.2. The van der Waals surface area contributed by atoms with E-state index in [1.807, 2.05) is 12.1 Å². The Balaban J connectivity index is 0.00000144. The van der Waals surface area contributed by atoms with Gasteiger partial charge in [-0.1, -0.05) is 0 Å². The first-order valence-corrected chi connectivity index (χ1v) is 5.60. The monoisotopic (exact) mass is 292 g/mol. The number of rotatable bonds is 3. The molecule has 1 atom stereocenters. The van der Waals surface area contributed by atoms with Crippen LogP contribution in [0.1, 0.15) is 18.4 Å². The zero-order valence-corrected chi connectivity index (χ0v) is 11.6. The highest BCUT2D eigenvalue weighted by molar-refractivity contribution is 5.85. The number of aromatic nitrogens is 1. The highest BCUT2D eigenvalue weighted by Crippen LogP contribution is 2.18. The second-order valence-corrected chi connectivity index (χ2v) is 4.27. The van der Waals surface area contributed by atoms with E-state index in [2.05, 4.69) is 9.88 Å². The van der Waals surface area contributed by atoms with Crippen molar-refractivity contribution in [2.24, 2.45) is 5.92 Å². The molecule has 1 aliphatic heterocycles. The van der Waals surface area contributed by atoms with E-state index in [0.29, 0.717) is 6.54 Å². The lowest BCUT2D eigenvalue weighted by Gasteiger charge is -2.30. The summed E-state index contributed by atoms with van der Waals surface area (Å²) >= 11 is 0. The van der Waals surface area contributed by atoms with Gasteiger partial charge in [-0.15, -0.1) is 24.8 Å². The SMILES string of the molecule is Cl.Cl.O=C(O)C1CCCN(Cc2ccncc2)C1. The average molecular weight is 293 g/mol. The predicted molar refractivity (Wildman–Crippen MR) is 74.4 cm³/mol. The van der Waals surface area contributed by atoms with E-state index < -0.39 is 5.97 Å². The van der Waals surface area contributed by atoms with Crippen molar-refractivity contribution in [1.82, 2.24) is 9.88 Å². The summed E-state index contributed by atoms with van der Waals surface area (Å²) in [6.45, 7) is 2.48. The van der Waals surface area contributed by atoms with Gasteiger partial charge < -0.3 is 5.11 Å². The number of hydrogen-bond donors (Lipinski definition) is 1. The van der Waals surface area contributed by atoms with E-state index in [1.165, 1.54) is 5.56 Å². The van der Waals surface area contributed by atoms with Crippen LogP contribution in [0.4, 0.5) is 0 Å². The molecule has 0 aromatic carbocycles. The minimum atomic E-state index is -0.667. The van der Waals surface area contributed by atoms with Gasteiger partial charge in [0.05, 0.1) is 5.92 Å². The Morgan fingerprint density at radius 2 is 2.06 bits per heavy atom. The normalized spacial score (nSPS) is 19.4. The zero-order chi connectivity index (χ0) is 11.4. The smallest absolute Gasteiger partial charge is 0.307 e. The standard InChI is InChI=1S/C12H16N2O2.2ClH/c15-12(16)11-2-1-7-14(9-11)8-10-3-5-13-6-4-10;;/h3-6,11H,1-2,7-9H2,(H,15,16);2*1H. The quantitative estimate of drug-likeness (QED) is 0.928. The van der Waals surface area contributed by atoms with Gasteiger partial charge >= 0.3 is 5.97 Å². The van der Waals surface area contributed by atoms with Gasteiger partial charge in [-0.25, -0.2) is 0 Å². The van der Waals surface area contributed by atoms with E-state index in [0.717, 1.165) is 25.9 Å². The number of likely N-dealkylation sites (tertiary alicyclic amines) is 1. The molecule has 1 aliphatic rings. The fraction of sp³-hybridized carbons (Fsp3) is 0.500. The number of aliphatic carboxylic acids is 1. The lowest BCUT2D eigenvalue weighted by Crippen LogP contribution is -2.38. The molecule has 0 aliphatic carbocycles. The number of nitrogens with zero attached hydrogens (tertiary/aromatic N) is 2. The van der Waals surface area contributed by atoms with Gasteiger partial charge in [0.25, 0.3) is 0 Å². The van der Waals surface area contributed by atoms with Crippen LogP contribution in [-0.2, 0) is 11.3 Å². The molecule has 0 saturated carbocycles. The van der Waals surface area contributed by atoms with Crippen LogP contribution in [0.25, 0.3) is 0 Å². The molecule has 102 valence electrons. The van der Waals surface area contributed by atoms with Crippen LogP contribution in [0.2, 0.25) is 0 Å². The average Bonchev–Trinajstić information content (AvgIpc) is 2.30. The van der Waals surface area contributed by atoms with Crippen molar-refractivity contribution in [1.29, 1.82) is 0 Å². The molecule has 4 nitrogen and oxygen atoms in total. The molecule has 6 heteroatoms. The van der Waals surface area contributed by atoms with Crippen LogP contribution in [0, 0.1) is 5.92 Å². The van der Waals surface area contributed by atoms with Crippen LogP contribution in [0.5, 0.6) is 0 Å². The fourth-order valence-corrected chi connectivity index (χ4v) is 2.15. The molecule has 1 unspecified atom stereocenters. The van der Waals surface area contributed by atoms with Gasteiger partial charge in [0.1, 0.15) is 0 Å². The molecule has 1 aromatic heterocycles. The molecule has 0 spiro atoms. The molecular formula is C12H18Cl2N2O2. The second-order valence-electron chi connectivity index (χ2n) is 4.27. The van der Waals surface area contributed by atoms with E-state index in [1.54, 1.807) is 12.4 Å². The third-order valence-corrected chi connectivity index (χ3v) is 3.01. The van der Waals surface area contributed by atoms with E-state index in [-0.39, 0.29) is 30.7 Å². The molecular weight excluding hydrogens is 275 g/mol. The highest BCUT2D eigenvalue weighted by Gasteiger charge is 2.24. The Bertz CT molecular complexity index is 362. The highest BCUT2D eigenvalue weighted by atomic mass is 35.5. The largest absolute Gasteiger partial charge is 0.481 e. The fourth-order valence-electron chi connectivity index (χ4n) is 2.15. The van der Waals surface area contributed by atoms with Crippen LogP contribution in [0.15, 0.2) is 24.5 Å². The van der Waals surface area contributed by atoms with Crippen molar-refractivity contribution in [3.63, 3.8) is 0 Å². The van der Waals surface area contributed by atoms with Crippen molar-refractivity contribution in [3.8, 4) is 0 Å². The number of pyridine rings is 1. The summed E-state index contributed by atoms with van der Waals surface area (Å²) in [4.78, 5) is 17.1. The van der Waals surface area contributed by atoms with Crippen molar-refractivity contribution in [2.75, 3.05) is 13.1 Å². The maximum atomic E-state index is 10.9. The summed E-state index contributed by atoms with van der Waals surface area (Å²) in [7, 11) is 0. The van der Waals surface area contributed by atoms with Crippen LogP contribution < -0.4 is 0 Å². The van der Waals surface area contributed by atoms with E-state index in [9.17, 15) is 4.79 Å².